The Labute approximate surface area is 101 Å². The van der Waals surface area contributed by atoms with Gasteiger partial charge in [-0.2, -0.15) is 0 Å². The molecule has 88 valence electrons. The van der Waals surface area contributed by atoms with Crippen LogP contribution in [0.1, 0.15) is 12.5 Å². The standard InChI is InChI=1S/C15H16O2/c1-12(16)11-13-7-9-15(10-8-13)17-14-5-3-2-4-6-14/h2-10,12,16H,11H2,1H3/t12-/m0/s1. The zero-order valence-corrected chi connectivity index (χ0v) is 9.84. The lowest BCUT2D eigenvalue weighted by Gasteiger charge is -2.07. The van der Waals surface area contributed by atoms with Gasteiger partial charge in [0.2, 0.25) is 0 Å². The lowest BCUT2D eigenvalue weighted by atomic mass is 10.1. The van der Waals surface area contributed by atoms with E-state index in [4.69, 9.17) is 4.74 Å². The van der Waals surface area contributed by atoms with Crippen molar-refractivity contribution in [1.29, 1.82) is 0 Å². The number of aliphatic hydroxyl groups is 1. The van der Waals surface area contributed by atoms with Crippen LogP contribution in [-0.2, 0) is 6.42 Å². The highest BCUT2D eigenvalue weighted by Crippen LogP contribution is 2.21. The maximum Gasteiger partial charge on any atom is 0.127 e. The first-order valence-corrected chi connectivity index (χ1v) is 5.74. The molecule has 0 unspecified atom stereocenters. The van der Waals surface area contributed by atoms with Gasteiger partial charge in [-0.05, 0) is 43.2 Å². The molecule has 2 rings (SSSR count). The van der Waals surface area contributed by atoms with E-state index < -0.39 is 0 Å². The van der Waals surface area contributed by atoms with Crippen LogP contribution in [0.2, 0.25) is 0 Å². The van der Waals surface area contributed by atoms with Gasteiger partial charge in [0.05, 0.1) is 6.10 Å². The predicted octanol–water partition coefficient (Wildman–Crippen LogP) is 3.40. The summed E-state index contributed by atoms with van der Waals surface area (Å²) in [5.74, 6) is 1.64. The molecule has 2 aromatic carbocycles. The smallest absolute Gasteiger partial charge is 0.127 e. The lowest BCUT2D eigenvalue weighted by Crippen LogP contribution is -2.03. The number of para-hydroxylation sites is 1. The van der Waals surface area contributed by atoms with Crippen LogP contribution in [0.3, 0.4) is 0 Å². The number of benzene rings is 2. The van der Waals surface area contributed by atoms with Crippen molar-refractivity contribution in [3.8, 4) is 11.5 Å². The Balaban J connectivity index is 2.03. The van der Waals surface area contributed by atoms with Gasteiger partial charge in [0.1, 0.15) is 11.5 Å². The van der Waals surface area contributed by atoms with Crippen molar-refractivity contribution < 1.29 is 9.84 Å². The topological polar surface area (TPSA) is 29.5 Å². The normalized spacial score (nSPS) is 12.1. The van der Waals surface area contributed by atoms with E-state index in [1.54, 1.807) is 6.92 Å². The van der Waals surface area contributed by atoms with Gasteiger partial charge >= 0.3 is 0 Å². The molecule has 0 bridgehead atoms. The number of rotatable bonds is 4. The molecule has 0 saturated heterocycles. The van der Waals surface area contributed by atoms with E-state index in [0.717, 1.165) is 17.1 Å². The highest BCUT2D eigenvalue weighted by atomic mass is 16.5. The van der Waals surface area contributed by atoms with Crippen molar-refractivity contribution in [3.63, 3.8) is 0 Å². The number of ether oxygens (including phenoxy) is 1. The van der Waals surface area contributed by atoms with Gasteiger partial charge in [0.15, 0.2) is 0 Å². The summed E-state index contributed by atoms with van der Waals surface area (Å²) in [7, 11) is 0. The number of aliphatic hydroxyl groups excluding tert-OH is 1. The molecule has 2 aromatic rings. The fraction of sp³-hybridized carbons (Fsp3) is 0.200. The average Bonchev–Trinajstić information content (AvgIpc) is 2.32. The highest BCUT2D eigenvalue weighted by molar-refractivity contribution is 5.33. The minimum atomic E-state index is -0.309. The quantitative estimate of drug-likeness (QED) is 0.869. The molecular weight excluding hydrogens is 212 g/mol. The molecule has 2 nitrogen and oxygen atoms in total. The van der Waals surface area contributed by atoms with E-state index in [1.807, 2.05) is 54.6 Å². The van der Waals surface area contributed by atoms with E-state index in [2.05, 4.69) is 0 Å². The van der Waals surface area contributed by atoms with Gasteiger partial charge in [-0.1, -0.05) is 30.3 Å². The molecule has 0 aliphatic heterocycles. The van der Waals surface area contributed by atoms with E-state index in [-0.39, 0.29) is 6.10 Å². The second kappa shape index (κ2) is 5.51. The van der Waals surface area contributed by atoms with Gasteiger partial charge < -0.3 is 9.84 Å². The van der Waals surface area contributed by atoms with Crippen molar-refractivity contribution in [3.05, 3.63) is 60.2 Å². The lowest BCUT2D eigenvalue weighted by molar-refractivity contribution is 0.195. The fourth-order valence-corrected chi connectivity index (χ4v) is 1.66. The summed E-state index contributed by atoms with van der Waals surface area (Å²) in [6.45, 7) is 1.79. The maximum absolute atomic E-state index is 9.28. The fourth-order valence-electron chi connectivity index (χ4n) is 1.66. The molecule has 1 N–H and O–H groups in total. The summed E-state index contributed by atoms with van der Waals surface area (Å²) in [6.07, 6.45) is 0.363. The third-order valence-electron chi connectivity index (χ3n) is 2.43. The second-order valence-electron chi connectivity index (χ2n) is 4.11. The van der Waals surface area contributed by atoms with Gasteiger partial charge in [0.25, 0.3) is 0 Å². The van der Waals surface area contributed by atoms with Crippen molar-refractivity contribution in [2.45, 2.75) is 19.4 Å². The molecule has 2 heteroatoms. The monoisotopic (exact) mass is 228 g/mol. The Morgan fingerprint density at radius 2 is 1.53 bits per heavy atom. The molecule has 0 heterocycles. The van der Waals surface area contributed by atoms with Gasteiger partial charge in [-0.15, -0.1) is 0 Å². The Morgan fingerprint density at radius 3 is 2.12 bits per heavy atom. The Kier molecular flexibility index (Phi) is 3.78. The van der Waals surface area contributed by atoms with Crippen molar-refractivity contribution in [1.82, 2.24) is 0 Å². The first-order chi connectivity index (χ1) is 8.24. The van der Waals surface area contributed by atoms with Crippen LogP contribution in [0.25, 0.3) is 0 Å². The molecule has 17 heavy (non-hydrogen) atoms. The molecule has 0 saturated carbocycles. The first kappa shape index (κ1) is 11.7. The van der Waals surface area contributed by atoms with Crippen molar-refractivity contribution in [2.24, 2.45) is 0 Å². The summed E-state index contributed by atoms with van der Waals surface area (Å²) in [4.78, 5) is 0. The Bertz CT molecular complexity index is 446. The second-order valence-corrected chi connectivity index (χ2v) is 4.11. The zero-order valence-electron chi connectivity index (χ0n) is 9.84. The molecule has 0 amide bonds. The van der Waals surface area contributed by atoms with Gasteiger partial charge in [0, 0.05) is 0 Å². The average molecular weight is 228 g/mol. The van der Waals surface area contributed by atoms with Crippen LogP contribution in [-0.4, -0.2) is 11.2 Å². The molecule has 0 aliphatic rings. The Hall–Kier alpha value is -1.80. The van der Waals surface area contributed by atoms with E-state index in [9.17, 15) is 5.11 Å². The SMILES string of the molecule is C[C@H](O)Cc1ccc(Oc2ccccc2)cc1. The number of hydrogen-bond donors (Lipinski definition) is 1. The van der Waals surface area contributed by atoms with Crippen molar-refractivity contribution >= 4 is 0 Å². The zero-order chi connectivity index (χ0) is 12.1. The predicted molar refractivity (Wildman–Crippen MR) is 68.3 cm³/mol. The van der Waals surface area contributed by atoms with E-state index in [1.165, 1.54) is 0 Å². The molecule has 1 atom stereocenters. The van der Waals surface area contributed by atoms with Gasteiger partial charge in [-0.3, -0.25) is 0 Å². The third-order valence-corrected chi connectivity index (χ3v) is 2.43. The third kappa shape index (κ3) is 3.61. The summed E-state index contributed by atoms with van der Waals surface area (Å²) < 4.78 is 5.68. The Morgan fingerprint density at radius 1 is 0.941 bits per heavy atom. The van der Waals surface area contributed by atoms with E-state index >= 15 is 0 Å². The van der Waals surface area contributed by atoms with Crippen molar-refractivity contribution in [2.75, 3.05) is 0 Å². The van der Waals surface area contributed by atoms with Crippen LogP contribution < -0.4 is 4.74 Å². The molecular formula is C15H16O2. The van der Waals surface area contributed by atoms with Gasteiger partial charge in [-0.25, -0.2) is 0 Å². The summed E-state index contributed by atoms with van der Waals surface area (Å²) in [5.41, 5.74) is 1.11. The van der Waals surface area contributed by atoms with Crippen LogP contribution in [0.4, 0.5) is 0 Å². The minimum Gasteiger partial charge on any atom is -0.457 e. The molecule has 0 fully saturated rings. The number of hydrogen-bond acceptors (Lipinski definition) is 2. The molecule has 0 aromatic heterocycles. The first-order valence-electron chi connectivity index (χ1n) is 5.74. The van der Waals surface area contributed by atoms with Crippen LogP contribution in [0, 0.1) is 0 Å². The molecule has 0 aliphatic carbocycles. The molecule has 0 radical (unpaired) electrons. The van der Waals surface area contributed by atoms with Crippen LogP contribution >= 0.6 is 0 Å². The van der Waals surface area contributed by atoms with E-state index in [0.29, 0.717) is 6.42 Å². The minimum absolute atomic E-state index is 0.309. The summed E-state index contributed by atoms with van der Waals surface area (Å²) >= 11 is 0. The van der Waals surface area contributed by atoms with Crippen LogP contribution in [0.15, 0.2) is 54.6 Å². The molecule has 0 spiro atoms. The maximum atomic E-state index is 9.28. The summed E-state index contributed by atoms with van der Waals surface area (Å²) in [6, 6.07) is 17.5. The van der Waals surface area contributed by atoms with Crippen LogP contribution in [0.5, 0.6) is 11.5 Å². The highest BCUT2D eigenvalue weighted by Gasteiger charge is 2.00. The largest absolute Gasteiger partial charge is 0.457 e. The summed E-state index contributed by atoms with van der Waals surface area (Å²) in [5, 5.41) is 9.28.